The quantitative estimate of drug-likeness (QED) is 0.353. The summed E-state index contributed by atoms with van der Waals surface area (Å²) in [6.45, 7) is 3.68. The number of benzene rings is 1. The minimum Gasteiger partial charge on any atom is -0.486 e. The van der Waals surface area contributed by atoms with Crippen molar-refractivity contribution in [3.8, 4) is 17.3 Å². The van der Waals surface area contributed by atoms with E-state index in [1.807, 2.05) is 44.1 Å². The van der Waals surface area contributed by atoms with Gasteiger partial charge in [-0.2, -0.15) is 5.10 Å². The van der Waals surface area contributed by atoms with Gasteiger partial charge in [0.1, 0.15) is 24.2 Å². The molecule has 1 aromatic carbocycles. The highest BCUT2D eigenvalue weighted by Crippen LogP contribution is 2.35. The van der Waals surface area contributed by atoms with Crippen LogP contribution in [0.15, 0.2) is 30.6 Å². The van der Waals surface area contributed by atoms with Crippen LogP contribution in [0.5, 0.6) is 5.75 Å². The van der Waals surface area contributed by atoms with Crippen LogP contribution in [0.4, 0.5) is 4.79 Å². The number of carbonyl (C=O) groups is 1. The van der Waals surface area contributed by atoms with Gasteiger partial charge in [-0.1, -0.05) is 23.2 Å². The first kappa shape index (κ1) is 24.4. The van der Waals surface area contributed by atoms with Crippen molar-refractivity contribution in [3.63, 3.8) is 0 Å². The number of pyridine rings is 1. The average Bonchev–Trinajstić information content (AvgIpc) is 3.51. The third kappa shape index (κ3) is 4.84. The summed E-state index contributed by atoms with van der Waals surface area (Å²) in [6, 6.07) is 5.65. The lowest BCUT2D eigenvalue weighted by molar-refractivity contribution is 0.0948. The zero-order valence-electron chi connectivity index (χ0n) is 20.0. The van der Waals surface area contributed by atoms with Gasteiger partial charge >= 0.3 is 6.09 Å². The fourth-order valence-electron chi connectivity index (χ4n) is 4.10. The van der Waals surface area contributed by atoms with Crippen molar-refractivity contribution in [2.24, 2.45) is 0 Å². The number of rotatable bonds is 7. The molecule has 0 bridgehead atoms. The summed E-state index contributed by atoms with van der Waals surface area (Å²) in [5.74, 6) is 1.25. The summed E-state index contributed by atoms with van der Waals surface area (Å²) in [5.41, 5.74) is 3.85. The van der Waals surface area contributed by atoms with Crippen molar-refractivity contribution in [2.45, 2.75) is 26.1 Å². The van der Waals surface area contributed by atoms with Crippen LogP contribution in [0.25, 0.3) is 22.4 Å². The van der Waals surface area contributed by atoms with E-state index in [-0.39, 0.29) is 6.09 Å². The summed E-state index contributed by atoms with van der Waals surface area (Å²) in [5, 5.41) is 9.23. The molecule has 10 nitrogen and oxygen atoms in total. The van der Waals surface area contributed by atoms with Crippen LogP contribution in [0, 0.1) is 0 Å². The van der Waals surface area contributed by atoms with E-state index in [1.54, 1.807) is 17.3 Å². The highest BCUT2D eigenvalue weighted by Gasteiger charge is 2.29. The standard InChI is InChI=1S/C24H25Cl2N7O3/c1-13(21-16(25)9-27-10-17(21)26)36-14-4-5-18-15(8-14)22(31-30-18)23-28-19-11-33(12-20(19)29-23)24(34)35-7-6-32(2)3/h4-5,8-10,13H,6-7,11-12H2,1-3H3,(H,28,29)(H,30,31). The lowest BCUT2D eigenvalue weighted by atomic mass is 10.1. The zero-order chi connectivity index (χ0) is 25.4. The molecule has 1 unspecified atom stereocenters. The first-order valence-electron chi connectivity index (χ1n) is 11.4. The number of ether oxygens (including phenoxy) is 2. The van der Waals surface area contributed by atoms with E-state index in [9.17, 15) is 4.79 Å². The number of amides is 1. The van der Waals surface area contributed by atoms with Crippen molar-refractivity contribution in [1.29, 1.82) is 0 Å². The Morgan fingerprint density at radius 3 is 2.72 bits per heavy atom. The number of aromatic amines is 2. The molecule has 12 heteroatoms. The van der Waals surface area contributed by atoms with Gasteiger partial charge in [0.25, 0.3) is 0 Å². The van der Waals surface area contributed by atoms with E-state index >= 15 is 0 Å². The van der Waals surface area contributed by atoms with E-state index < -0.39 is 6.10 Å². The average molecular weight is 530 g/mol. The highest BCUT2D eigenvalue weighted by atomic mass is 35.5. The monoisotopic (exact) mass is 529 g/mol. The molecule has 5 rings (SSSR count). The Morgan fingerprint density at radius 2 is 2.00 bits per heavy atom. The summed E-state index contributed by atoms with van der Waals surface area (Å²) < 4.78 is 11.5. The van der Waals surface area contributed by atoms with Crippen LogP contribution in [0.2, 0.25) is 10.0 Å². The topological polar surface area (TPSA) is 112 Å². The molecule has 0 aliphatic carbocycles. The number of hydrogen-bond donors (Lipinski definition) is 2. The number of nitrogens with zero attached hydrogens (tertiary/aromatic N) is 5. The van der Waals surface area contributed by atoms with Gasteiger partial charge in [-0.15, -0.1) is 0 Å². The summed E-state index contributed by atoms with van der Waals surface area (Å²) >= 11 is 12.6. The van der Waals surface area contributed by atoms with Crippen molar-refractivity contribution in [3.05, 3.63) is 57.6 Å². The molecule has 4 heterocycles. The number of H-pyrrole nitrogens is 2. The Morgan fingerprint density at radius 1 is 1.22 bits per heavy atom. The lowest BCUT2D eigenvalue weighted by Gasteiger charge is -2.17. The Labute approximate surface area is 217 Å². The van der Waals surface area contributed by atoms with Crippen LogP contribution in [0.1, 0.15) is 30.0 Å². The number of fused-ring (bicyclic) bond motifs is 2. The Bertz CT molecular complexity index is 1370. The number of nitrogens with one attached hydrogen (secondary N) is 2. The SMILES string of the molecule is CC(Oc1ccc2[nH]nc(-c3nc4c([nH]3)CN(C(=O)OCCN(C)C)C4)c2c1)c1c(Cl)cncc1Cl. The maximum atomic E-state index is 12.3. The molecule has 1 atom stereocenters. The molecule has 1 aliphatic rings. The van der Waals surface area contributed by atoms with Crippen LogP contribution >= 0.6 is 23.2 Å². The second-order valence-corrected chi connectivity index (χ2v) is 9.66. The molecule has 0 saturated heterocycles. The maximum Gasteiger partial charge on any atom is 0.410 e. The van der Waals surface area contributed by atoms with Gasteiger partial charge in [0.2, 0.25) is 0 Å². The number of carbonyl (C=O) groups excluding carboxylic acids is 1. The van der Waals surface area contributed by atoms with Gasteiger partial charge in [0.15, 0.2) is 5.82 Å². The first-order valence-corrected chi connectivity index (χ1v) is 12.1. The van der Waals surface area contributed by atoms with E-state index in [1.165, 1.54) is 0 Å². The predicted octanol–water partition coefficient (Wildman–Crippen LogP) is 4.81. The molecule has 0 saturated carbocycles. The van der Waals surface area contributed by atoms with Gasteiger partial charge in [-0.25, -0.2) is 9.78 Å². The molecule has 2 N–H and O–H groups in total. The highest BCUT2D eigenvalue weighted by molar-refractivity contribution is 6.35. The molecule has 0 radical (unpaired) electrons. The number of aromatic nitrogens is 5. The van der Waals surface area contributed by atoms with Crippen molar-refractivity contribution < 1.29 is 14.3 Å². The Hall–Kier alpha value is -3.34. The minimum atomic E-state index is -0.392. The fraction of sp³-hybridized carbons (Fsp3) is 0.333. The summed E-state index contributed by atoms with van der Waals surface area (Å²) in [7, 11) is 3.86. The third-order valence-corrected chi connectivity index (χ3v) is 6.55. The predicted molar refractivity (Wildman–Crippen MR) is 136 cm³/mol. The fourth-order valence-corrected chi connectivity index (χ4v) is 4.77. The maximum absolute atomic E-state index is 12.3. The summed E-state index contributed by atoms with van der Waals surface area (Å²) in [6.07, 6.45) is 2.35. The molecule has 3 aromatic heterocycles. The molecule has 4 aromatic rings. The third-order valence-electron chi connectivity index (χ3n) is 5.94. The largest absolute Gasteiger partial charge is 0.486 e. The molecule has 0 fully saturated rings. The first-order chi connectivity index (χ1) is 17.3. The van der Waals surface area contributed by atoms with Crippen LogP contribution in [0.3, 0.4) is 0 Å². The molecule has 0 spiro atoms. The summed E-state index contributed by atoms with van der Waals surface area (Å²) in [4.78, 5) is 27.9. The van der Waals surface area contributed by atoms with Crippen molar-refractivity contribution >= 4 is 40.2 Å². The molecular formula is C24H25Cl2N7O3. The van der Waals surface area contributed by atoms with Crippen molar-refractivity contribution in [2.75, 3.05) is 27.2 Å². The second kappa shape index (κ2) is 9.96. The number of likely N-dealkylation sites (N-methyl/N-ethyl adjacent to an activating group) is 1. The molecular weight excluding hydrogens is 505 g/mol. The van der Waals surface area contributed by atoms with Crippen LogP contribution in [-0.4, -0.2) is 68.3 Å². The number of halogens is 2. The normalized spacial score (nSPS) is 13.9. The van der Waals surface area contributed by atoms with E-state index in [4.69, 9.17) is 37.7 Å². The molecule has 1 amide bonds. The van der Waals surface area contributed by atoms with Gasteiger partial charge in [-0.3, -0.25) is 15.0 Å². The van der Waals surface area contributed by atoms with Gasteiger partial charge in [-0.05, 0) is 39.2 Å². The van der Waals surface area contributed by atoms with Gasteiger partial charge < -0.3 is 19.4 Å². The van der Waals surface area contributed by atoms with Crippen LogP contribution in [-0.2, 0) is 17.8 Å². The van der Waals surface area contributed by atoms with E-state index in [0.29, 0.717) is 59.1 Å². The zero-order valence-corrected chi connectivity index (χ0v) is 21.5. The molecule has 1 aliphatic heterocycles. The minimum absolute atomic E-state index is 0.344. The van der Waals surface area contributed by atoms with Crippen molar-refractivity contribution in [1.82, 2.24) is 34.9 Å². The Kier molecular flexibility index (Phi) is 6.74. The number of hydrogen-bond acceptors (Lipinski definition) is 7. The van der Waals surface area contributed by atoms with Gasteiger partial charge in [0.05, 0.1) is 40.0 Å². The Balaban J connectivity index is 1.32. The van der Waals surface area contributed by atoms with E-state index in [0.717, 1.165) is 22.3 Å². The lowest BCUT2D eigenvalue weighted by Crippen LogP contribution is -2.29. The van der Waals surface area contributed by atoms with E-state index in [2.05, 4.69) is 20.2 Å². The number of imidazole rings is 1. The second-order valence-electron chi connectivity index (χ2n) is 8.84. The van der Waals surface area contributed by atoms with Crippen LogP contribution < -0.4 is 4.74 Å². The molecule has 188 valence electrons. The van der Waals surface area contributed by atoms with Gasteiger partial charge in [0, 0.05) is 29.9 Å². The molecule has 36 heavy (non-hydrogen) atoms. The smallest absolute Gasteiger partial charge is 0.410 e.